The van der Waals surface area contributed by atoms with Crippen molar-refractivity contribution in [3.05, 3.63) is 17.0 Å². The Balaban J connectivity index is 2.02. The highest BCUT2D eigenvalue weighted by atomic mass is 35.5. The lowest BCUT2D eigenvalue weighted by molar-refractivity contribution is 0.691. The Hall–Kier alpha value is -0.830. The molecule has 2 rings (SSSR count). The summed E-state index contributed by atoms with van der Waals surface area (Å²) in [6.07, 6.45) is 6.22. The summed E-state index contributed by atoms with van der Waals surface area (Å²) in [5.41, 5.74) is 1.03. The first-order valence-corrected chi connectivity index (χ1v) is 6.40. The van der Waals surface area contributed by atoms with Gasteiger partial charge in [-0.25, -0.2) is 9.97 Å². The van der Waals surface area contributed by atoms with Gasteiger partial charge in [0.25, 0.3) is 0 Å². The minimum atomic E-state index is 0.577. The molecule has 0 saturated heterocycles. The minimum Gasteiger partial charge on any atom is -0.367 e. The van der Waals surface area contributed by atoms with Crippen LogP contribution in [0.3, 0.4) is 0 Å². The summed E-state index contributed by atoms with van der Waals surface area (Å²) in [6.45, 7) is 4.31. The van der Waals surface area contributed by atoms with Crippen LogP contribution in [-0.4, -0.2) is 16.0 Å². The Labute approximate surface area is 102 Å². The van der Waals surface area contributed by atoms with E-state index in [2.05, 4.69) is 29.1 Å². The molecule has 2 unspecified atom stereocenters. The molecule has 0 spiro atoms. The van der Waals surface area contributed by atoms with E-state index in [4.69, 9.17) is 11.6 Å². The third-order valence-electron chi connectivity index (χ3n) is 3.15. The largest absolute Gasteiger partial charge is 0.367 e. The van der Waals surface area contributed by atoms with Gasteiger partial charge in [0.2, 0.25) is 0 Å². The van der Waals surface area contributed by atoms with Crippen molar-refractivity contribution in [1.82, 2.24) is 9.97 Å². The first kappa shape index (κ1) is 11.6. The predicted octanol–water partition coefficient (Wildman–Crippen LogP) is 3.29. The lowest BCUT2D eigenvalue weighted by atomic mass is 10.2. The van der Waals surface area contributed by atoms with E-state index in [0.29, 0.717) is 11.2 Å². The van der Waals surface area contributed by atoms with Gasteiger partial charge in [0.05, 0.1) is 0 Å². The van der Waals surface area contributed by atoms with Gasteiger partial charge < -0.3 is 5.32 Å². The zero-order valence-corrected chi connectivity index (χ0v) is 10.6. The van der Waals surface area contributed by atoms with Crippen LogP contribution in [0.2, 0.25) is 5.15 Å². The molecule has 1 aromatic rings. The quantitative estimate of drug-likeness (QED) is 0.802. The van der Waals surface area contributed by atoms with E-state index in [1.807, 2.05) is 0 Å². The number of nitrogens with one attached hydrogen (secondary N) is 1. The third-order valence-corrected chi connectivity index (χ3v) is 3.48. The van der Waals surface area contributed by atoms with Crippen LogP contribution in [0.5, 0.6) is 0 Å². The Morgan fingerprint density at radius 2 is 2.25 bits per heavy atom. The SMILES string of the molecule is CCCC1CC1Nc1ncnc(Cl)c1CC. The summed E-state index contributed by atoms with van der Waals surface area (Å²) in [7, 11) is 0. The fourth-order valence-electron chi connectivity index (χ4n) is 2.12. The molecule has 1 N–H and O–H groups in total. The molecule has 1 aromatic heterocycles. The highest BCUT2D eigenvalue weighted by Crippen LogP contribution is 2.37. The maximum absolute atomic E-state index is 6.04. The minimum absolute atomic E-state index is 0.577. The van der Waals surface area contributed by atoms with E-state index >= 15 is 0 Å². The molecule has 1 aliphatic carbocycles. The molecule has 2 atom stereocenters. The van der Waals surface area contributed by atoms with Crippen molar-refractivity contribution < 1.29 is 0 Å². The molecule has 0 bridgehead atoms. The van der Waals surface area contributed by atoms with E-state index < -0.39 is 0 Å². The molecule has 88 valence electrons. The van der Waals surface area contributed by atoms with Crippen molar-refractivity contribution in [2.75, 3.05) is 5.32 Å². The molecule has 1 heterocycles. The second-order valence-electron chi connectivity index (χ2n) is 4.38. The van der Waals surface area contributed by atoms with E-state index in [1.165, 1.54) is 25.6 Å². The van der Waals surface area contributed by atoms with Crippen molar-refractivity contribution >= 4 is 17.4 Å². The van der Waals surface area contributed by atoms with Gasteiger partial charge in [-0.1, -0.05) is 31.9 Å². The Morgan fingerprint density at radius 1 is 1.44 bits per heavy atom. The number of anilines is 1. The number of hydrogen-bond acceptors (Lipinski definition) is 3. The average molecular weight is 240 g/mol. The van der Waals surface area contributed by atoms with Crippen molar-refractivity contribution in [2.45, 2.75) is 45.6 Å². The second kappa shape index (κ2) is 5.00. The predicted molar refractivity (Wildman–Crippen MR) is 66.8 cm³/mol. The molecule has 0 radical (unpaired) electrons. The lowest BCUT2D eigenvalue weighted by Crippen LogP contribution is -2.09. The number of aromatic nitrogens is 2. The summed E-state index contributed by atoms with van der Waals surface area (Å²) in [4.78, 5) is 8.29. The standard InChI is InChI=1S/C12H18ClN3/c1-3-5-8-6-10(8)16-12-9(4-2)11(13)14-7-15-12/h7-8,10H,3-6H2,1-2H3,(H,14,15,16). The van der Waals surface area contributed by atoms with Crippen molar-refractivity contribution in [3.63, 3.8) is 0 Å². The number of halogens is 1. The number of nitrogens with zero attached hydrogens (tertiary/aromatic N) is 2. The van der Waals surface area contributed by atoms with Gasteiger partial charge in [-0.05, 0) is 25.2 Å². The van der Waals surface area contributed by atoms with E-state index in [0.717, 1.165) is 23.7 Å². The van der Waals surface area contributed by atoms with Gasteiger partial charge >= 0.3 is 0 Å². The van der Waals surface area contributed by atoms with Crippen LogP contribution >= 0.6 is 11.6 Å². The number of rotatable bonds is 5. The number of hydrogen-bond donors (Lipinski definition) is 1. The molecule has 3 nitrogen and oxygen atoms in total. The molecular formula is C12H18ClN3. The molecule has 0 aliphatic heterocycles. The topological polar surface area (TPSA) is 37.8 Å². The molecule has 1 aliphatic rings. The smallest absolute Gasteiger partial charge is 0.137 e. The molecule has 0 amide bonds. The van der Waals surface area contributed by atoms with Crippen molar-refractivity contribution in [1.29, 1.82) is 0 Å². The summed E-state index contributed by atoms with van der Waals surface area (Å²) in [5.74, 6) is 1.74. The van der Waals surface area contributed by atoms with Gasteiger partial charge in [0.15, 0.2) is 0 Å². The summed E-state index contributed by atoms with van der Waals surface area (Å²) < 4.78 is 0. The zero-order valence-electron chi connectivity index (χ0n) is 9.83. The van der Waals surface area contributed by atoms with Crippen LogP contribution in [0.15, 0.2) is 6.33 Å². The molecular weight excluding hydrogens is 222 g/mol. The van der Waals surface area contributed by atoms with E-state index in [9.17, 15) is 0 Å². The third kappa shape index (κ3) is 2.46. The van der Waals surface area contributed by atoms with Crippen molar-refractivity contribution in [2.24, 2.45) is 5.92 Å². The first-order chi connectivity index (χ1) is 7.76. The van der Waals surface area contributed by atoms with Crippen LogP contribution in [0.25, 0.3) is 0 Å². The van der Waals surface area contributed by atoms with Gasteiger partial charge in [0.1, 0.15) is 17.3 Å². The van der Waals surface area contributed by atoms with Crippen LogP contribution in [0, 0.1) is 5.92 Å². The monoisotopic (exact) mass is 239 g/mol. The van der Waals surface area contributed by atoms with Crippen LogP contribution in [0.4, 0.5) is 5.82 Å². The normalized spacial score (nSPS) is 23.2. The Bertz CT molecular complexity index is 367. The van der Waals surface area contributed by atoms with Gasteiger partial charge in [-0.2, -0.15) is 0 Å². The molecule has 0 aromatic carbocycles. The van der Waals surface area contributed by atoms with Gasteiger partial charge in [0, 0.05) is 11.6 Å². The highest BCUT2D eigenvalue weighted by Gasteiger charge is 2.36. The average Bonchev–Trinajstić information content (AvgIpc) is 2.97. The van der Waals surface area contributed by atoms with Crippen LogP contribution < -0.4 is 5.32 Å². The highest BCUT2D eigenvalue weighted by molar-refractivity contribution is 6.30. The molecule has 1 saturated carbocycles. The summed E-state index contributed by atoms with van der Waals surface area (Å²) in [5, 5.41) is 4.05. The summed E-state index contributed by atoms with van der Waals surface area (Å²) in [6, 6.07) is 0.594. The molecule has 16 heavy (non-hydrogen) atoms. The van der Waals surface area contributed by atoms with Crippen LogP contribution in [0.1, 0.15) is 38.7 Å². The maximum atomic E-state index is 6.04. The Kier molecular flexibility index (Phi) is 3.64. The van der Waals surface area contributed by atoms with E-state index in [-0.39, 0.29) is 0 Å². The Morgan fingerprint density at radius 3 is 2.94 bits per heavy atom. The summed E-state index contributed by atoms with van der Waals surface area (Å²) >= 11 is 6.04. The fraction of sp³-hybridized carbons (Fsp3) is 0.667. The lowest BCUT2D eigenvalue weighted by Gasteiger charge is -2.09. The first-order valence-electron chi connectivity index (χ1n) is 6.02. The van der Waals surface area contributed by atoms with Gasteiger partial charge in [-0.15, -0.1) is 0 Å². The van der Waals surface area contributed by atoms with Crippen LogP contribution in [-0.2, 0) is 6.42 Å². The molecule has 4 heteroatoms. The maximum Gasteiger partial charge on any atom is 0.137 e. The second-order valence-corrected chi connectivity index (χ2v) is 4.74. The van der Waals surface area contributed by atoms with Crippen molar-refractivity contribution in [3.8, 4) is 0 Å². The zero-order chi connectivity index (χ0) is 11.5. The fourth-order valence-corrected chi connectivity index (χ4v) is 2.39. The van der Waals surface area contributed by atoms with Gasteiger partial charge in [-0.3, -0.25) is 0 Å². The van der Waals surface area contributed by atoms with E-state index in [1.54, 1.807) is 0 Å². The molecule has 1 fully saturated rings.